The van der Waals surface area contributed by atoms with Crippen molar-refractivity contribution >= 4 is 0 Å². The molecule has 0 radical (unpaired) electrons. The predicted molar refractivity (Wildman–Crippen MR) is 232 cm³/mol. The molecule has 0 aliphatic carbocycles. The van der Waals surface area contributed by atoms with Crippen LogP contribution in [0.1, 0.15) is 22.3 Å². The minimum atomic E-state index is -6.47. The molecule has 0 bridgehead atoms. The summed E-state index contributed by atoms with van der Waals surface area (Å²) in [6, 6.07) is 10.1. The smallest absolute Gasteiger partial charge is 0.411 e. The van der Waals surface area contributed by atoms with Crippen molar-refractivity contribution in [3.05, 3.63) is 212 Å². The van der Waals surface area contributed by atoms with E-state index < -0.39 is 190 Å². The highest BCUT2D eigenvalue weighted by Gasteiger charge is 2.72. The first kappa shape index (κ1) is 56.6. The monoisotopic (exact) mass is 1140 g/mol. The van der Waals surface area contributed by atoms with Gasteiger partial charge in [-0.2, -0.15) is 61.5 Å². The molecule has 0 fully saturated rings. The normalized spacial score (nSPS) is 12.1. The lowest BCUT2D eigenvalue weighted by molar-refractivity contribution is -0.288. The topological polar surface area (TPSA) is 36.9 Å². The summed E-state index contributed by atoms with van der Waals surface area (Å²) in [6.07, 6.45) is -12.9. The van der Waals surface area contributed by atoms with Crippen LogP contribution in [-0.4, -0.2) is 12.4 Å². The van der Waals surface area contributed by atoms with Crippen molar-refractivity contribution in [2.45, 2.75) is 31.6 Å². The molecule has 0 spiro atoms. The Balaban J connectivity index is 1.10. The molecular formula is C53H22F22O4. The van der Waals surface area contributed by atoms with Gasteiger partial charge in [0.25, 0.3) is 0 Å². The van der Waals surface area contributed by atoms with E-state index in [4.69, 9.17) is 9.47 Å². The van der Waals surface area contributed by atoms with Crippen LogP contribution in [0.5, 0.6) is 46.0 Å². The molecule has 0 amide bonds. The fourth-order valence-corrected chi connectivity index (χ4v) is 7.89. The number of rotatable bonds is 12. The number of aryl methyl sites for hydroxylation is 2. The SMILES string of the molecule is Cc1ccc(Oc2c(F)c(F)c(-c3c(F)c(F)c(Oc4ccc(C(c5ccc(Oc6c(F)c(F)c(-c7c(F)c(F)c(Oc8ccc(C)cc8)c(F)c7F)c(F)c6F)cc5)(C(F)(F)F)C(F)(F)F)cc4)c(F)c3F)c(F)c2F)cc1. The molecule has 0 aromatic heterocycles. The first-order valence-corrected chi connectivity index (χ1v) is 21.6. The maximum Gasteiger partial charge on any atom is 0.411 e. The Labute approximate surface area is 427 Å². The van der Waals surface area contributed by atoms with E-state index in [1.807, 2.05) is 0 Å². The number of ether oxygens (including phenoxy) is 4. The van der Waals surface area contributed by atoms with Crippen molar-refractivity contribution < 1.29 is 116 Å². The van der Waals surface area contributed by atoms with Crippen LogP contribution < -0.4 is 18.9 Å². The third kappa shape index (κ3) is 9.59. The zero-order valence-electron chi connectivity index (χ0n) is 38.7. The summed E-state index contributed by atoms with van der Waals surface area (Å²) in [4.78, 5) is 0. The van der Waals surface area contributed by atoms with Gasteiger partial charge in [0.15, 0.2) is 46.5 Å². The van der Waals surface area contributed by atoms with Crippen LogP contribution in [0.15, 0.2) is 97.1 Å². The van der Waals surface area contributed by atoms with Gasteiger partial charge >= 0.3 is 12.4 Å². The van der Waals surface area contributed by atoms with Crippen LogP contribution in [0, 0.1) is 107 Å². The summed E-state index contributed by atoms with van der Waals surface area (Å²) < 4.78 is 354. The second-order valence-electron chi connectivity index (χ2n) is 16.7. The molecule has 79 heavy (non-hydrogen) atoms. The van der Waals surface area contributed by atoms with Gasteiger partial charge in [-0.25, -0.2) is 35.1 Å². The average Bonchev–Trinajstić information content (AvgIpc) is 3.52. The maximum atomic E-state index is 15.4. The van der Waals surface area contributed by atoms with Gasteiger partial charge in [0.05, 0.1) is 22.3 Å². The van der Waals surface area contributed by atoms with Crippen molar-refractivity contribution in [3.8, 4) is 68.2 Å². The van der Waals surface area contributed by atoms with Crippen molar-refractivity contribution in [1.82, 2.24) is 0 Å². The molecule has 26 heteroatoms. The lowest BCUT2D eigenvalue weighted by Crippen LogP contribution is -2.54. The Hall–Kier alpha value is -8.58. The lowest BCUT2D eigenvalue weighted by Gasteiger charge is -2.38. The van der Waals surface area contributed by atoms with Crippen molar-refractivity contribution in [2.24, 2.45) is 0 Å². The molecule has 0 aliphatic rings. The Bertz CT molecular complexity index is 3350. The highest BCUT2D eigenvalue weighted by atomic mass is 19.4. The van der Waals surface area contributed by atoms with E-state index in [2.05, 4.69) is 9.47 Å². The number of benzene rings is 8. The van der Waals surface area contributed by atoms with Crippen LogP contribution >= 0.6 is 0 Å². The molecule has 0 atom stereocenters. The number of hydrogen-bond acceptors (Lipinski definition) is 4. The molecule has 0 saturated carbocycles. The third-order valence-electron chi connectivity index (χ3n) is 11.7. The molecule has 0 heterocycles. The molecule has 0 aliphatic heterocycles. The van der Waals surface area contributed by atoms with Gasteiger partial charge in [0.2, 0.25) is 75.0 Å². The van der Waals surface area contributed by atoms with E-state index in [0.717, 1.165) is 24.3 Å². The van der Waals surface area contributed by atoms with E-state index in [-0.39, 0.29) is 48.5 Å². The Morgan fingerprint density at radius 2 is 0.405 bits per heavy atom. The molecule has 0 saturated heterocycles. The average molecular weight is 1140 g/mol. The predicted octanol–water partition coefficient (Wildman–Crippen LogP) is 18.4. The van der Waals surface area contributed by atoms with Gasteiger partial charge in [-0.15, -0.1) is 0 Å². The fraction of sp³-hybridized carbons (Fsp3) is 0.0943. The van der Waals surface area contributed by atoms with Crippen molar-refractivity contribution in [3.63, 3.8) is 0 Å². The summed E-state index contributed by atoms with van der Waals surface area (Å²) >= 11 is 0. The van der Waals surface area contributed by atoms with Crippen LogP contribution in [0.2, 0.25) is 0 Å². The number of halogens is 22. The summed E-state index contributed by atoms with van der Waals surface area (Å²) in [5.74, 6) is -53.6. The second kappa shape index (κ2) is 20.7. The van der Waals surface area contributed by atoms with E-state index >= 15 is 96.6 Å². The maximum absolute atomic E-state index is 15.4. The molecular weight excluding hydrogens is 1120 g/mol. The highest BCUT2D eigenvalue weighted by Crippen LogP contribution is 2.57. The van der Waals surface area contributed by atoms with Gasteiger partial charge in [-0.3, -0.25) is 0 Å². The Morgan fingerprint density at radius 3 is 0.570 bits per heavy atom. The molecule has 8 aromatic rings. The van der Waals surface area contributed by atoms with Gasteiger partial charge in [0.1, 0.15) is 23.0 Å². The van der Waals surface area contributed by atoms with E-state index in [1.165, 1.54) is 24.3 Å². The van der Waals surface area contributed by atoms with Crippen LogP contribution in [0.3, 0.4) is 0 Å². The van der Waals surface area contributed by atoms with Gasteiger partial charge in [-0.05, 0) is 73.5 Å². The minimum absolute atomic E-state index is 0.0416. The molecule has 0 unspecified atom stereocenters. The number of hydrogen-bond donors (Lipinski definition) is 0. The van der Waals surface area contributed by atoms with Crippen molar-refractivity contribution in [1.29, 1.82) is 0 Å². The van der Waals surface area contributed by atoms with Gasteiger partial charge < -0.3 is 18.9 Å². The van der Waals surface area contributed by atoms with Gasteiger partial charge in [0, 0.05) is 0 Å². The van der Waals surface area contributed by atoms with Crippen LogP contribution in [0.25, 0.3) is 22.3 Å². The van der Waals surface area contributed by atoms with E-state index in [1.54, 1.807) is 13.8 Å². The molecule has 4 nitrogen and oxygen atoms in total. The fourth-order valence-electron chi connectivity index (χ4n) is 7.89. The summed E-state index contributed by atoms with van der Waals surface area (Å²) in [5, 5.41) is 0. The largest absolute Gasteiger partial charge is 0.451 e. The molecule has 412 valence electrons. The van der Waals surface area contributed by atoms with Crippen LogP contribution in [0.4, 0.5) is 96.6 Å². The third-order valence-corrected chi connectivity index (χ3v) is 11.7. The summed E-state index contributed by atoms with van der Waals surface area (Å²) in [5.41, 5.74) is -17.2. The zero-order chi connectivity index (χ0) is 58.1. The second-order valence-corrected chi connectivity index (χ2v) is 16.7. The Kier molecular flexibility index (Phi) is 14.8. The first-order chi connectivity index (χ1) is 36.9. The highest BCUT2D eigenvalue weighted by molar-refractivity contribution is 5.71. The first-order valence-electron chi connectivity index (χ1n) is 21.6. The zero-order valence-corrected chi connectivity index (χ0v) is 38.7. The Morgan fingerprint density at radius 1 is 0.241 bits per heavy atom. The molecule has 0 N–H and O–H groups in total. The number of alkyl halides is 6. The van der Waals surface area contributed by atoms with Gasteiger partial charge in [-0.1, -0.05) is 59.7 Å². The minimum Gasteiger partial charge on any atom is -0.451 e. The van der Waals surface area contributed by atoms with E-state index in [9.17, 15) is 0 Å². The summed E-state index contributed by atoms with van der Waals surface area (Å²) in [6.45, 7) is 3.15. The quantitative estimate of drug-likeness (QED) is 0.0902. The van der Waals surface area contributed by atoms with E-state index in [0.29, 0.717) is 11.1 Å². The molecule has 8 aromatic carbocycles. The molecule has 8 rings (SSSR count). The van der Waals surface area contributed by atoms with Crippen LogP contribution in [-0.2, 0) is 5.41 Å². The van der Waals surface area contributed by atoms with Crippen molar-refractivity contribution in [2.75, 3.05) is 0 Å². The standard InChI is InChI=1S/C53H22F22O4/c1-19-3-11-23(12-4-19)76-47-39(62)31(54)27(32(55)40(47)63)29-35(58)43(66)49(44(67)36(29)59)78-25-15-7-21(8-16-25)51(52(70,71)72,53(73,74)75)22-9-17-26(18-10-22)79-50-45(68)37(60)30(38(61)46(50)69)28-33(56)41(64)48(42(65)34(28)57)77-24-13-5-20(2)6-14-24/h3-18H,1-2H3. The summed E-state index contributed by atoms with van der Waals surface area (Å²) in [7, 11) is 0. The lowest BCUT2D eigenvalue weighted by atomic mass is 9.73.